The van der Waals surface area contributed by atoms with Crippen LogP contribution in [0.1, 0.15) is 37.8 Å². The van der Waals surface area contributed by atoms with Crippen molar-refractivity contribution in [1.82, 2.24) is 10.2 Å². The topological polar surface area (TPSA) is 111 Å². The van der Waals surface area contributed by atoms with Gasteiger partial charge in [0.2, 0.25) is 0 Å². The molecule has 0 fully saturated rings. The smallest absolute Gasteiger partial charge is 0.336 e. The summed E-state index contributed by atoms with van der Waals surface area (Å²) in [6.07, 6.45) is 0. The van der Waals surface area contributed by atoms with Gasteiger partial charge < -0.3 is 14.8 Å². The first-order valence-corrected chi connectivity index (χ1v) is 12.2. The molecule has 2 aromatic carbocycles. The number of benzene rings is 2. The average molecular weight is 564 g/mol. The molecule has 0 spiro atoms. The molecule has 1 heterocycles. The van der Waals surface area contributed by atoms with E-state index in [1.807, 2.05) is 36.2 Å². The Hall–Kier alpha value is -3.40. The van der Waals surface area contributed by atoms with Gasteiger partial charge in [0, 0.05) is 41.6 Å². The first kappa shape index (κ1) is 30.8. The van der Waals surface area contributed by atoms with E-state index in [0.29, 0.717) is 35.1 Å². The summed E-state index contributed by atoms with van der Waals surface area (Å²) in [4.78, 5) is 39.2. The molecular weight excluding hydrogens is 533 g/mol. The summed E-state index contributed by atoms with van der Waals surface area (Å²) >= 11 is 5.94. The lowest BCUT2D eigenvalue weighted by Crippen LogP contribution is -2.33. The molecule has 0 aliphatic carbocycles. The molecule has 1 aliphatic heterocycles. The Bertz CT molecular complexity index is 1240. The fraction of sp³-hybridized carbons (Fsp3) is 0.333. The van der Waals surface area contributed by atoms with Crippen LogP contribution >= 0.6 is 24.0 Å². The van der Waals surface area contributed by atoms with Gasteiger partial charge in [-0.3, -0.25) is 15.0 Å². The lowest BCUT2D eigenvalue weighted by atomic mass is 9.80. The first-order chi connectivity index (χ1) is 17.6. The third-order valence-corrected chi connectivity index (χ3v) is 6.21. The van der Waals surface area contributed by atoms with Crippen LogP contribution in [0, 0.1) is 10.1 Å². The molecule has 38 heavy (non-hydrogen) atoms. The van der Waals surface area contributed by atoms with Crippen molar-refractivity contribution >= 4 is 41.6 Å². The number of rotatable bonds is 10. The molecular formula is C27H31Cl2N3O6. The predicted molar refractivity (Wildman–Crippen MR) is 147 cm³/mol. The van der Waals surface area contributed by atoms with E-state index in [4.69, 9.17) is 21.1 Å². The summed E-state index contributed by atoms with van der Waals surface area (Å²) in [5, 5.41) is 15.2. The van der Waals surface area contributed by atoms with E-state index in [-0.39, 0.29) is 42.5 Å². The lowest BCUT2D eigenvalue weighted by Gasteiger charge is -2.30. The van der Waals surface area contributed by atoms with Crippen LogP contribution in [0.4, 0.5) is 5.69 Å². The summed E-state index contributed by atoms with van der Waals surface area (Å²) in [5.41, 5.74) is 2.76. The summed E-state index contributed by atoms with van der Waals surface area (Å²) in [7, 11) is 1.91. The molecule has 1 N–H and O–H groups in total. The fourth-order valence-corrected chi connectivity index (χ4v) is 4.37. The van der Waals surface area contributed by atoms with E-state index in [1.165, 1.54) is 18.2 Å². The maximum atomic E-state index is 13.4. The van der Waals surface area contributed by atoms with Crippen molar-refractivity contribution in [3.63, 3.8) is 0 Å². The van der Waals surface area contributed by atoms with E-state index in [2.05, 4.69) is 5.32 Å². The second kappa shape index (κ2) is 13.9. The molecule has 204 valence electrons. The van der Waals surface area contributed by atoms with Crippen LogP contribution in [-0.4, -0.2) is 48.6 Å². The van der Waals surface area contributed by atoms with Gasteiger partial charge in [0.1, 0.15) is 6.61 Å². The van der Waals surface area contributed by atoms with Gasteiger partial charge in [0.15, 0.2) is 0 Å². The molecule has 0 bridgehead atoms. The summed E-state index contributed by atoms with van der Waals surface area (Å²) in [5.74, 6) is -2.11. The number of dihydropyridines is 1. The molecule has 0 saturated heterocycles. The summed E-state index contributed by atoms with van der Waals surface area (Å²) in [6.45, 7) is 6.45. The van der Waals surface area contributed by atoms with E-state index >= 15 is 0 Å². The van der Waals surface area contributed by atoms with E-state index in [9.17, 15) is 19.7 Å². The highest BCUT2D eigenvalue weighted by molar-refractivity contribution is 6.30. The number of non-ortho nitro benzene ring substituents is 1. The number of carbonyl (C=O) groups is 2. The minimum Gasteiger partial charge on any atom is -0.463 e. The molecule has 0 saturated carbocycles. The van der Waals surface area contributed by atoms with Gasteiger partial charge in [-0.05, 0) is 51.1 Å². The third-order valence-electron chi connectivity index (χ3n) is 5.96. The van der Waals surface area contributed by atoms with Gasteiger partial charge in [-0.1, -0.05) is 35.9 Å². The number of likely N-dealkylation sites (N-methyl/N-ethyl adjacent to an activating group) is 1. The molecule has 0 amide bonds. The van der Waals surface area contributed by atoms with E-state index in [0.717, 1.165) is 5.56 Å². The van der Waals surface area contributed by atoms with Crippen molar-refractivity contribution < 1.29 is 24.0 Å². The van der Waals surface area contributed by atoms with Gasteiger partial charge in [-0.2, -0.15) is 0 Å². The number of ether oxygens (including phenoxy) is 2. The molecule has 0 radical (unpaired) electrons. The summed E-state index contributed by atoms with van der Waals surface area (Å²) < 4.78 is 10.9. The average Bonchev–Trinajstić information content (AvgIpc) is 2.85. The van der Waals surface area contributed by atoms with Crippen LogP contribution in [0.15, 0.2) is 71.1 Å². The SMILES string of the molecule is CCOC(=O)C1=C(C)NC(C)=C(C(=O)OCCN(C)Cc2ccc(Cl)cc2)C1c1cccc([N+](=O)[O-])c1.Cl. The number of hydrogen-bond donors (Lipinski definition) is 1. The largest absolute Gasteiger partial charge is 0.463 e. The second-order valence-corrected chi connectivity index (χ2v) is 9.14. The van der Waals surface area contributed by atoms with Gasteiger partial charge >= 0.3 is 11.9 Å². The predicted octanol–water partition coefficient (Wildman–Crippen LogP) is 5.14. The normalized spacial score (nSPS) is 15.1. The fourth-order valence-electron chi connectivity index (χ4n) is 4.25. The van der Waals surface area contributed by atoms with Gasteiger partial charge in [0.25, 0.3) is 5.69 Å². The van der Waals surface area contributed by atoms with Crippen molar-refractivity contribution in [3.05, 3.63) is 97.3 Å². The van der Waals surface area contributed by atoms with Crippen molar-refractivity contribution in [1.29, 1.82) is 0 Å². The number of nitro groups is 1. The molecule has 1 atom stereocenters. The molecule has 1 unspecified atom stereocenters. The summed E-state index contributed by atoms with van der Waals surface area (Å²) in [6, 6.07) is 13.4. The highest BCUT2D eigenvalue weighted by Gasteiger charge is 2.38. The van der Waals surface area contributed by atoms with Gasteiger partial charge in [0.05, 0.1) is 28.6 Å². The number of nitrogens with one attached hydrogen (secondary N) is 1. The van der Waals surface area contributed by atoms with Crippen LogP contribution < -0.4 is 5.32 Å². The minimum absolute atomic E-state index is 0. The minimum atomic E-state index is -0.889. The number of nitro benzene ring substituents is 1. The maximum Gasteiger partial charge on any atom is 0.336 e. The van der Waals surface area contributed by atoms with Crippen molar-refractivity contribution in [3.8, 4) is 0 Å². The highest BCUT2D eigenvalue weighted by Crippen LogP contribution is 2.40. The third kappa shape index (κ3) is 7.56. The Balaban J connectivity index is 0.00000507. The van der Waals surface area contributed by atoms with Crippen LogP contribution in [0.25, 0.3) is 0 Å². The second-order valence-electron chi connectivity index (χ2n) is 8.71. The zero-order chi connectivity index (χ0) is 27.1. The molecule has 0 aromatic heterocycles. The van der Waals surface area contributed by atoms with Crippen molar-refractivity contribution in [2.75, 3.05) is 26.8 Å². The van der Waals surface area contributed by atoms with Gasteiger partial charge in [-0.15, -0.1) is 12.4 Å². The number of nitrogens with zero attached hydrogens (tertiary/aromatic N) is 2. The lowest BCUT2D eigenvalue weighted by molar-refractivity contribution is -0.384. The Morgan fingerprint density at radius 3 is 2.24 bits per heavy atom. The molecule has 3 rings (SSSR count). The van der Waals surface area contributed by atoms with E-state index in [1.54, 1.807) is 26.8 Å². The maximum absolute atomic E-state index is 13.4. The monoisotopic (exact) mass is 563 g/mol. The number of hydrogen-bond acceptors (Lipinski definition) is 8. The Morgan fingerprint density at radius 2 is 1.66 bits per heavy atom. The zero-order valence-electron chi connectivity index (χ0n) is 21.7. The van der Waals surface area contributed by atoms with Crippen molar-refractivity contribution in [2.24, 2.45) is 0 Å². The Morgan fingerprint density at radius 1 is 1.05 bits per heavy atom. The van der Waals surface area contributed by atoms with Crippen LogP contribution in [0.3, 0.4) is 0 Å². The Kier molecular flexibility index (Phi) is 11.3. The highest BCUT2D eigenvalue weighted by atomic mass is 35.5. The van der Waals surface area contributed by atoms with Crippen molar-refractivity contribution in [2.45, 2.75) is 33.2 Å². The first-order valence-electron chi connectivity index (χ1n) is 11.8. The van der Waals surface area contributed by atoms with Gasteiger partial charge in [-0.25, -0.2) is 9.59 Å². The number of esters is 2. The van der Waals surface area contributed by atoms with Crippen LogP contribution in [0.2, 0.25) is 5.02 Å². The van der Waals surface area contributed by atoms with Crippen LogP contribution in [0.5, 0.6) is 0 Å². The standard InChI is InChI=1S/C27H30ClN3O6.ClH/c1-5-36-26(32)23-17(2)29-18(3)24(25(23)20-7-6-8-22(15-20)31(34)35)27(33)37-14-13-30(4)16-19-9-11-21(28)12-10-19;/h6-12,15,25,29H,5,13-14,16H2,1-4H3;1H. The number of halogens is 2. The molecule has 2 aromatic rings. The molecule has 9 nitrogen and oxygen atoms in total. The quantitative estimate of drug-likeness (QED) is 0.240. The zero-order valence-corrected chi connectivity index (χ0v) is 23.2. The Labute approximate surface area is 233 Å². The van der Waals surface area contributed by atoms with E-state index < -0.39 is 22.8 Å². The van der Waals surface area contributed by atoms with Crippen LogP contribution in [-0.2, 0) is 25.6 Å². The number of carbonyl (C=O) groups excluding carboxylic acids is 2. The number of allylic oxidation sites excluding steroid dienone is 2. The molecule has 11 heteroatoms. The molecule has 1 aliphatic rings.